The van der Waals surface area contributed by atoms with Crippen molar-refractivity contribution in [3.63, 3.8) is 0 Å². The zero-order chi connectivity index (χ0) is 17.4. The first-order valence-corrected chi connectivity index (χ1v) is 9.03. The van der Waals surface area contributed by atoms with Crippen LogP contribution < -0.4 is 4.72 Å². The highest BCUT2D eigenvalue weighted by Gasteiger charge is 2.37. The van der Waals surface area contributed by atoms with E-state index in [0.717, 1.165) is 5.56 Å². The fourth-order valence-corrected chi connectivity index (χ4v) is 4.05. The molecule has 0 radical (unpaired) electrons. The van der Waals surface area contributed by atoms with Crippen molar-refractivity contribution in [2.24, 2.45) is 5.92 Å². The Morgan fingerprint density at radius 1 is 1.30 bits per heavy atom. The first kappa shape index (κ1) is 17.5. The maximum atomic E-state index is 12.4. The largest absolute Gasteiger partial charge is 0.339 e. The van der Waals surface area contributed by atoms with Gasteiger partial charge < -0.3 is 4.90 Å². The van der Waals surface area contributed by atoms with Gasteiger partial charge in [0.1, 0.15) is 0 Å². The third-order valence-corrected chi connectivity index (χ3v) is 5.51. The monoisotopic (exact) mass is 338 g/mol. The number of nitrogens with zero attached hydrogens (tertiary/aromatic N) is 1. The van der Waals surface area contributed by atoms with Gasteiger partial charge >= 0.3 is 0 Å². The third-order valence-electron chi connectivity index (χ3n) is 4.02. The molecule has 2 rings (SSSR count). The van der Waals surface area contributed by atoms with Crippen LogP contribution in [-0.4, -0.2) is 37.7 Å². The minimum Gasteiger partial charge on any atom is -0.339 e. The van der Waals surface area contributed by atoms with E-state index in [4.69, 9.17) is 0 Å². The van der Waals surface area contributed by atoms with Crippen molar-refractivity contribution in [2.45, 2.75) is 45.1 Å². The first-order valence-electron chi connectivity index (χ1n) is 7.55. The maximum Gasteiger partial charge on any atom is 0.264 e. The number of hydrogen-bond donors (Lipinski definition) is 1. The van der Waals surface area contributed by atoms with E-state index < -0.39 is 21.8 Å². The van der Waals surface area contributed by atoms with Crippen LogP contribution in [0.5, 0.6) is 0 Å². The molecule has 0 bridgehead atoms. The molecule has 0 aromatic heterocycles. The third kappa shape index (κ3) is 3.72. The molecular weight excluding hydrogens is 316 g/mol. The van der Waals surface area contributed by atoms with Gasteiger partial charge in [0.15, 0.2) is 0 Å². The van der Waals surface area contributed by atoms with Gasteiger partial charge in [-0.05, 0) is 44.9 Å². The number of benzene rings is 1. The number of rotatable bonds is 4. The Labute approximate surface area is 136 Å². The number of aryl methyl sites for hydroxylation is 2. The van der Waals surface area contributed by atoms with Gasteiger partial charge in [-0.3, -0.25) is 9.59 Å². The summed E-state index contributed by atoms with van der Waals surface area (Å²) in [6, 6.07) is 5.04. The second-order valence-electron chi connectivity index (χ2n) is 6.28. The van der Waals surface area contributed by atoms with Crippen LogP contribution in [0, 0.1) is 19.8 Å². The molecule has 1 unspecified atom stereocenters. The van der Waals surface area contributed by atoms with E-state index in [9.17, 15) is 18.0 Å². The quantitative estimate of drug-likeness (QED) is 0.898. The molecule has 2 amide bonds. The molecule has 23 heavy (non-hydrogen) atoms. The van der Waals surface area contributed by atoms with Gasteiger partial charge in [-0.25, -0.2) is 13.1 Å². The molecule has 1 aliphatic heterocycles. The Balaban J connectivity index is 2.17. The highest BCUT2D eigenvalue weighted by atomic mass is 32.2. The second-order valence-corrected chi connectivity index (χ2v) is 7.93. The molecule has 1 heterocycles. The van der Waals surface area contributed by atoms with Gasteiger partial charge in [0.25, 0.3) is 10.0 Å². The van der Waals surface area contributed by atoms with E-state index in [2.05, 4.69) is 4.72 Å². The van der Waals surface area contributed by atoms with E-state index in [1.165, 1.54) is 6.07 Å². The summed E-state index contributed by atoms with van der Waals surface area (Å²) < 4.78 is 27.0. The van der Waals surface area contributed by atoms with Gasteiger partial charge in [0.05, 0.1) is 10.8 Å². The fourth-order valence-electron chi connectivity index (χ4n) is 2.67. The van der Waals surface area contributed by atoms with Crippen molar-refractivity contribution in [3.05, 3.63) is 29.3 Å². The summed E-state index contributed by atoms with van der Waals surface area (Å²) in [7, 11) is -3.93. The van der Waals surface area contributed by atoms with Crippen molar-refractivity contribution in [1.29, 1.82) is 0 Å². The van der Waals surface area contributed by atoms with Gasteiger partial charge in [0.2, 0.25) is 11.8 Å². The Morgan fingerprint density at radius 3 is 2.52 bits per heavy atom. The number of carbonyl (C=O) groups excluding carboxylic acids is 2. The van der Waals surface area contributed by atoms with Crippen LogP contribution in [0.3, 0.4) is 0 Å². The molecule has 0 aliphatic carbocycles. The lowest BCUT2D eigenvalue weighted by Crippen LogP contribution is -2.38. The van der Waals surface area contributed by atoms with Crippen molar-refractivity contribution in [1.82, 2.24) is 9.62 Å². The van der Waals surface area contributed by atoms with Crippen molar-refractivity contribution < 1.29 is 18.0 Å². The lowest BCUT2D eigenvalue weighted by atomic mass is 10.1. The number of sulfonamides is 1. The molecule has 1 aromatic rings. The van der Waals surface area contributed by atoms with Gasteiger partial charge in [-0.15, -0.1) is 0 Å². The Morgan fingerprint density at radius 2 is 1.96 bits per heavy atom. The second kappa shape index (κ2) is 6.31. The molecule has 1 N–H and O–H groups in total. The van der Waals surface area contributed by atoms with Crippen LogP contribution in [-0.2, 0) is 19.6 Å². The fraction of sp³-hybridized carbons (Fsp3) is 0.500. The maximum absolute atomic E-state index is 12.4. The summed E-state index contributed by atoms with van der Waals surface area (Å²) in [6.07, 6.45) is 0.0479. The highest BCUT2D eigenvalue weighted by molar-refractivity contribution is 7.90. The summed E-state index contributed by atoms with van der Waals surface area (Å²) in [4.78, 5) is 25.8. The normalized spacial score (nSPS) is 18.6. The SMILES string of the molecule is Cc1ccc(C)c(S(=O)(=O)NC(=O)C2CC(=O)N(C(C)C)C2)c1. The minimum absolute atomic E-state index is 0.00377. The number of carbonyl (C=O) groups is 2. The minimum atomic E-state index is -3.93. The van der Waals surface area contributed by atoms with Crippen molar-refractivity contribution in [2.75, 3.05) is 6.54 Å². The smallest absolute Gasteiger partial charge is 0.264 e. The van der Waals surface area contributed by atoms with Crippen LogP contribution in [0.4, 0.5) is 0 Å². The molecule has 1 saturated heterocycles. The molecule has 1 aliphatic rings. The van der Waals surface area contributed by atoms with Crippen LogP contribution in [0.2, 0.25) is 0 Å². The zero-order valence-corrected chi connectivity index (χ0v) is 14.6. The van der Waals surface area contributed by atoms with E-state index in [1.54, 1.807) is 24.8 Å². The van der Waals surface area contributed by atoms with Gasteiger partial charge in [-0.2, -0.15) is 0 Å². The van der Waals surface area contributed by atoms with Crippen LogP contribution in [0.1, 0.15) is 31.4 Å². The topological polar surface area (TPSA) is 83.5 Å². The molecule has 6 nitrogen and oxygen atoms in total. The zero-order valence-electron chi connectivity index (χ0n) is 13.8. The molecule has 1 fully saturated rings. The number of amides is 2. The van der Waals surface area contributed by atoms with Gasteiger partial charge in [0, 0.05) is 19.0 Å². The summed E-state index contributed by atoms with van der Waals surface area (Å²) >= 11 is 0. The predicted molar refractivity (Wildman–Crippen MR) is 86.2 cm³/mol. The van der Waals surface area contributed by atoms with Crippen LogP contribution >= 0.6 is 0 Å². The lowest BCUT2D eigenvalue weighted by Gasteiger charge is -2.20. The van der Waals surface area contributed by atoms with E-state index in [0.29, 0.717) is 5.56 Å². The summed E-state index contributed by atoms with van der Waals surface area (Å²) in [5, 5.41) is 0. The van der Waals surface area contributed by atoms with Gasteiger partial charge in [-0.1, -0.05) is 12.1 Å². The molecule has 1 aromatic carbocycles. The van der Waals surface area contributed by atoms with E-state index in [-0.39, 0.29) is 29.8 Å². The molecule has 0 saturated carbocycles. The lowest BCUT2D eigenvalue weighted by molar-refractivity contribution is -0.129. The molecule has 0 spiro atoms. The van der Waals surface area contributed by atoms with Crippen molar-refractivity contribution >= 4 is 21.8 Å². The van der Waals surface area contributed by atoms with Crippen LogP contribution in [0.15, 0.2) is 23.1 Å². The summed E-state index contributed by atoms with van der Waals surface area (Å²) in [5.41, 5.74) is 1.37. The molecule has 1 atom stereocenters. The van der Waals surface area contributed by atoms with Crippen molar-refractivity contribution in [3.8, 4) is 0 Å². The number of nitrogens with one attached hydrogen (secondary N) is 1. The summed E-state index contributed by atoms with van der Waals surface area (Å²) in [6.45, 7) is 7.45. The highest BCUT2D eigenvalue weighted by Crippen LogP contribution is 2.22. The predicted octanol–water partition coefficient (Wildman–Crippen LogP) is 1.37. The molecular formula is C16H22N2O4S. The number of hydrogen-bond acceptors (Lipinski definition) is 4. The Kier molecular flexibility index (Phi) is 4.79. The molecule has 126 valence electrons. The van der Waals surface area contributed by atoms with E-state index >= 15 is 0 Å². The average Bonchev–Trinajstić information content (AvgIpc) is 2.83. The first-order chi connectivity index (χ1) is 10.6. The summed E-state index contributed by atoms with van der Waals surface area (Å²) in [5.74, 6) is -1.38. The standard InChI is InChI=1S/C16H22N2O4S/c1-10(2)18-9-13(8-15(18)19)16(20)17-23(21,22)14-7-11(3)5-6-12(14)4/h5-7,10,13H,8-9H2,1-4H3,(H,17,20). The average molecular weight is 338 g/mol. The number of likely N-dealkylation sites (tertiary alicyclic amines) is 1. The Hall–Kier alpha value is -1.89. The van der Waals surface area contributed by atoms with E-state index in [1.807, 2.05) is 19.9 Å². The molecule has 7 heteroatoms. The Bertz CT molecular complexity index is 740. The van der Waals surface area contributed by atoms with Crippen LogP contribution in [0.25, 0.3) is 0 Å².